The summed E-state index contributed by atoms with van der Waals surface area (Å²) in [4.78, 5) is 0. The van der Waals surface area contributed by atoms with Crippen LogP contribution in [0.2, 0.25) is 0 Å². The Kier molecular flexibility index (Phi) is 3.04. The van der Waals surface area contributed by atoms with Crippen molar-refractivity contribution in [2.24, 2.45) is 23.7 Å². The molecule has 0 heteroatoms. The van der Waals surface area contributed by atoms with Crippen LogP contribution in [0.4, 0.5) is 0 Å². The molecule has 0 N–H and O–H groups in total. The van der Waals surface area contributed by atoms with Gasteiger partial charge < -0.3 is 0 Å². The lowest BCUT2D eigenvalue weighted by Crippen LogP contribution is -2.34. The van der Waals surface area contributed by atoms with Gasteiger partial charge >= 0.3 is 0 Å². The Morgan fingerprint density at radius 3 is 2.73 bits per heavy atom. The van der Waals surface area contributed by atoms with Gasteiger partial charge in [-0.3, -0.25) is 0 Å². The van der Waals surface area contributed by atoms with Crippen molar-refractivity contribution in [2.45, 2.75) is 46.5 Å². The molecule has 0 aromatic carbocycles. The fourth-order valence-corrected chi connectivity index (χ4v) is 3.62. The lowest BCUT2D eigenvalue weighted by atomic mass is 9.61. The van der Waals surface area contributed by atoms with E-state index in [0.29, 0.717) is 0 Å². The van der Waals surface area contributed by atoms with Crippen molar-refractivity contribution in [3.8, 4) is 0 Å². The maximum Gasteiger partial charge on any atom is -0.0134 e. The van der Waals surface area contributed by atoms with Crippen LogP contribution in [0.5, 0.6) is 0 Å². The molecular weight excluding hydrogens is 180 g/mol. The van der Waals surface area contributed by atoms with E-state index >= 15 is 0 Å². The molecule has 0 nitrogen and oxygen atoms in total. The molecule has 1 saturated carbocycles. The summed E-state index contributed by atoms with van der Waals surface area (Å²) in [5.74, 6) is 3.43. The van der Waals surface area contributed by atoms with Gasteiger partial charge in [-0.1, -0.05) is 30.7 Å². The highest BCUT2D eigenvalue weighted by Gasteiger charge is 2.37. The summed E-state index contributed by atoms with van der Waals surface area (Å²) in [6.45, 7) is 11.2. The van der Waals surface area contributed by atoms with Crippen molar-refractivity contribution < 1.29 is 0 Å². The second-order valence-electron chi connectivity index (χ2n) is 5.80. The quantitative estimate of drug-likeness (QED) is 0.548. The van der Waals surface area contributed by atoms with Gasteiger partial charge in [-0.2, -0.15) is 0 Å². The lowest BCUT2D eigenvalue weighted by Gasteiger charge is -2.44. The van der Waals surface area contributed by atoms with Gasteiger partial charge in [0.2, 0.25) is 0 Å². The Morgan fingerprint density at radius 2 is 2.07 bits per heavy atom. The molecule has 0 amide bonds. The SMILES string of the molecule is C=C(C)[C@@H]1CC[C@H](C)[C@@H]2CCC(C)=C[C@@H]21. The highest BCUT2D eigenvalue weighted by Crippen LogP contribution is 2.47. The van der Waals surface area contributed by atoms with E-state index in [4.69, 9.17) is 0 Å². The second kappa shape index (κ2) is 4.15. The van der Waals surface area contributed by atoms with Crippen LogP contribution < -0.4 is 0 Å². The summed E-state index contributed by atoms with van der Waals surface area (Å²) >= 11 is 0. The maximum atomic E-state index is 4.19. The Balaban J connectivity index is 2.24. The number of allylic oxidation sites excluding steroid dienone is 3. The van der Waals surface area contributed by atoms with Gasteiger partial charge in [-0.05, 0) is 63.2 Å². The predicted octanol–water partition coefficient (Wildman–Crippen LogP) is 4.58. The molecule has 0 unspecified atom stereocenters. The molecule has 0 radical (unpaired) electrons. The average molecular weight is 204 g/mol. The van der Waals surface area contributed by atoms with Crippen LogP contribution >= 0.6 is 0 Å². The molecule has 15 heavy (non-hydrogen) atoms. The Labute approximate surface area is 94.5 Å². The van der Waals surface area contributed by atoms with Gasteiger partial charge in [0.15, 0.2) is 0 Å². The zero-order valence-electron chi connectivity index (χ0n) is 10.4. The van der Waals surface area contributed by atoms with Gasteiger partial charge in [0.05, 0.1) is 0 Å². The molecule has 0 aromatic rings. The first kappa shape index (κ1) is 11.0. The van der Waals surface area contributed by atoms with Crippen molar-refractivity contribution >= 4 is 0 Å². The minimum Gasteiger partial charge on any atom is -0.0998 e. The summed E-state index contributed by atoms with van der Waals surface area (Å²) in [6, 6.07) is 0. The van der Waals surface area contributed by atoms with Crippen LogP contribution in [0.15, 0.2) is 23.8 Å². The number of rotatable bonds is 1. The van der Waals surface area contributed by atoms with Gasteiger partial charge in [0.1, 0.15) is 0 Å². The molecule has 4 atom stereocenters. The summed E-state index contributed by atoms with van der Waals surface area (Å²) in [5.41, 5.74) is 3.01. The monoisotopic (exact) mass is 204 g/mol. The first-order valence-electron chi connectivity index (χ1n) is 6.42. The van der Waals surface area contributed by atoms with Crippen LogP contribution in [0.25, 0.3) is 0 Å². The van der Waals surface area contributed by atoms with Crippen LogP contribution in [0.1, 0.15) is 46.5 Å². The maximum absolute atomic E-state index is 4.19. The van der Waals surface area contributed by atoms with Crippen molar-refractivity contribution in [1.82, 2.24) is 0 Å². The summed E-state index contributed by atoms with van der Waals surface area (Å²) in [7, 11) is 0. The van der Waals surface area contributed by atoms with Crippen LogP contribution in [-0.4, -0.2) is 0 Å². The van der Waals surface area contributed by atoms with Crippen molar-refractivity contribution in [2.75, 3.05) is 0 Å². The summed E-state index contributed by atoms with van der Waals surface area (Å²) in [6.07, 6.45) is 8.07. The summed E-state index contributed by atoms with van der Waals surface area (Å²) < 4.78 is 0. The van der Waals surface area contributed by atoms with Crippen molar-refractivity contribution in [3.63, 3.8) is 0 Å². The molecule has 2 aliphatic carbocycles. The van der Waals surface area contributed by atoms with E-state index in [0.717, 1.165) is 23.7 Å². The average Bonchev–Trinajstić information content (AvgIpc) is 2.17. The van der Waals surface area contributed by atoms with E-state index in [9.17, 15) is 0 Å². The third-order valence-corrected chi connectivity index (χ3v) is 4.60. The topological polar surface area (TPSA) is 0 Å². The standard InChI is InChI=1S/C15H24/c1-10(2)13-8-6-12(4)14-7-5-11(3)9-15(13)14/h9,12-15H,1,5-8H2,2-4H3/t12-,13-,14-,15+/m0/s1. The lowest BCUT2D eigenvalue weighted by molar-refractivity contribution is 0.135. The van der Waals surface area contributed by atoms with E-state index in [-0.39, 0.29) is 0 Å². The van der Waals surface area contributed by atoms with Gasteiger partial charge in [0.25, 0.3) is 0 Å². The molecule has 2 aliphatic rings. The fraction of sp³-hybridized carbons (Fsp3) is 0.733. The fourth-order valence-electron chi connectivity index (χ4n) is 3.62. The van der Waals surface area contributed by atoms with Gasteiger partial charge in [-0.15, -0.1) is 0 Å². The van der Waals surface area contributed by atoms with Crippen LogP contribution in [0.3, 0.4) is 0 Å². The number of hydrogen-bond acceptors (Lipinski definition) is 0. The molecular formula is C15H24. The van der Waals surface area contributed by atoms with Gasteiger partial charge in [0, 0.05) is 0 Å². The molecule has 0 saturated heterocycles. The third kappa shape index (κ3) is 2.04. The smallest absolute Gasteiger partial charge is 0.0134 e. The normalized spacial score (nSPS) is 40.6. The molecule has 0 aromatic heterocycles. The van der Waals surface area contributed by atoms with E-state index in [2.05, 4.69) is 33.4 Å². The molecule has 2 rings (SSSR count). The third-order valence-electron chi connectivity index (χ3n) is 4.60. The second-order valence-corrected chi connectivity index (χ2v) is 5.80. The minimum atomic E-state index is 0.765. The van der Waals surface area contributed by atoms with E-state index in [1.807, 2.05) is 0 Å². The Morgan fingerprint density at radius 1 is 1.33 bits per heavy atom. The van der Waals surface area contributed by atoms with E-state index in [1.165, 1.54) is 31.3 Å². The highest BCUT2D eigenvalue weighted by atomic mass is 14.4. The first-order chi connectivity index (χ1) is 7.09. The molecule has 1 fully saturated rings. The number of hydrogen-bond donors (Lipinski definition) is 0. The van der Waals surface area contributed by atoms with Crippen molar-refractivity contribution in [1.29, 1.82) is 0 Å². The highest BCUT2D eigenvalue weighted by molar-refractivity contribution is 5.15. The first-order valence-corrected chi connectivity index (χ1v) is 6.42. The summed E-state index contributed by atoms with van der Waals surface area (Å²) in [5, 5.41) is 0. The van der Waals surface area contributed by atoms with Crippen LogP contribution in [-0.2, 0) is 0 Å². The largest absolute Gasteiger partial charge is 0.0998 e. The van der Waals surface area contributed by atoms with Gasteiger partial charge in [-0.25, -0.2) is 0 Å². The Hall–Kier alpha value is -0.520. The van der Waals surface area contributed by atoms with Crippen molar-refractivity contribution in [3.05, 3.63) is 23.8 Å². The molecule has 0 bridgehead atoms. The zero-order valence-corrected chi connectivity index (χ0v) is 10.4. The predicted molar refractivity (Wildman–Crippen MR) is 66.7 cm³/mol. The Bertz CT molecular complexity index is 284. The number of fused-ring (bicyclic) bond motifs is 1. The minimum absolute atomic E-state index is 0.765. The molecule has 0 heterocycles. The van der Waals surface area contributed by atoms with Crippen LogP contribution in [0, 0.1) is 23.7 Å². The molecule has 0 spiro atoms. The molecule has 84 valence electrons. The van der Waals surface area contributed by atoms with E-state index in [1.54, 1.807) is 5.57 Å². The van der Waals surface area contributed by atoms with E-state index < -0.39 is 0 Å². The molecule has 0 aliphatic heterocycles. The zero-order chi connectivity index (χ0) is 11.0.